The Labute approximate surface area is 127 Å². The molecule has 0 saturated heterocycles. The number of benzene rings is 1. The second-order valence-corrected chi connectivity index (χ2v) is 4.94. The molecular weight excluding hydrogens is 280 g/mol. The van der Waals surface area contributed by atoms with Gasteiger partial charge < -0.3 is 14.5 Å². The van der Waals surface area contributed by atoms with Crippen molar-refractivity contribution in [2.45, 2.75) is 19.6 Å². The maximum absolute atomic E-state index is 11.8. The van der Waals surface area contributed by atoms with Gasteiger partial charge in [0.15, 0.2) is 5.65 Å². The largest absolute Gasteiger partial charge is 0.445 e. The Bertz CT molecular complexity index is 737. The summed E-state index contributed by atoms with van der Waals surface area (Å²) in [6.07, 6.45) is 6.56. The molecule has 1 N–H and O–H groups in total. The van der Waals surface area contributed by atoms with Crippen molar-refractivity contribution in [3.05, 3.63) is 66.4 Å². The van der Waals surface area contributed by atoms with Crippen LogP contribution in [0.25, 0.3) is 5.65 Å². The van der Waals surface area contributed by atoms with Gasteiger partial charge in [-0.1, -0.05) is 30.3 Å². The molecule has 1 aromatic carbocycles. The van der Waals surface area contributed by atoms with Gasteiger partial charge in [0.25, 0.3) is 0 Å². The Morgan fingerprint density at radius 1 is 1.36 bits per heavy atom. The van der Waals surface area contributed by atoms with Gasteiger partial charge in [-0.05, 0) is 12.5 Å². The molecule has 0 spiro atoms. The summed E-state index contributed by atoms with van der Waals surface area (Å²) < 4.78 is 7.05. The first-order valence-corrected chi connectivity index (χ1v) is 6.98. The van der Waals surface area contributed by atoms with Crippen molar-refractivity contribution in [1.82, 2.24) is 19.7 Å². The van der Waals surface area contributed by atoms with Crippen LogP contribution in [0.4, 0.5) is 4.79 Å². The first-order valence-electron chi connectivity index (χ1n) is 6.98. The number of fused-ring (bicyclic) bond motifs is 1. The fourth-order valence-corrected chi connectivity index (χ4v) is 2.09. The van der Waals surface area contributed by atoms with E-state index in [1.54, 1.807) is 12.4 Å². The normalized spacial score (nSPS) is 12.0. The van der Waals surface area contributed by atoms with Crippen LogP contribution in [0.2, 0.25) is 0 Å². The maximum Gasteiger partial charge on any atom is 0.407 e. The Morgan fingerprint density at radius 3 is 2.95 bits per heavy atom. The predicted molar refractivity (Wildman–Crippen MR) is 81.2 cm³/mol. The lowest BCUT2D eigenvalue weighted by atomic mass is 10.2. The SMILES string of the molecule is C[C@H](NC(=O)OCc1ccccc1)c1cn2ccncc2n1. The van der Waals surface area contributed by atoms with Gasteiger partial charge in [0.1, 0.15) is 6.61 Å². The minimum absolute atomic E-state index is 0.245. The molecule has 0 fully saturated rings. The summed E-state index contributed by atoms with van der Waals surface area (Å²) in [4.78, 5) is 20.3. The highest BCUT2D eigenvalue weighted by molar-refractivity contribution is 5.67. The standard InChI is InChI=1S/C16H16N4O2/c1-12(14-10-20-8-7-17-9-15(20)19-14)18-16(21)22-11-13-5-3-2-4-6-13/h2-10,12H,11H2,1H3,(H,18,21)/t12-/m0/s1. The van der Waals surface area contributed by atoms with Gasteiger partial charge in [0.2, 0.25) is 0 Å². The van der Waals surface area contributed by atoms with Crippen LogP contribution in [0.15, 0.2) is 55.1 Å². The molecular formula is C16H16N4O2. The molecule has 0 radical (unpaired) electrons. The molecule has 0 aliphatic carbocycles. The van der Waals surface area contributed by atoms with E-state index in [9.17, 15) is 4.79 Å². The Kier molecular flexibility index (Phi) is 4.00. The summed E-state index contributed by atoms with van der Waals surface area (Å²) in [6.45, 7) is 2.10. The number of amides is 1. The molecule has 112 valence electrons. The Balaban J connectivity index is 1.58. The van der Waals surface area contributed by atoms with E-state index in [1.165, 1.54) is 0 Å². The summed E-state index contributed by atoms with van der Waals surface area (Å²) in [6, 6.07) is 9.30. The van der Waals surface area contributed by atoms with E-state index in [1.807, 2.05) is 54.0 Å². The molecule has 0 bridgehead atoms. The number of alkyl carbamates (subject to hydrolysis) is 1. The van der Waals surface area contributed by atoms with Crippen LogP contribution in [-0.2, 0) is 11.3 Å². The van der Waals surface area contributed by atoms with E-state index >= 15 is 0 Å². The van der Waals surface area contributed by atoms with Crippen LogP contribution in [0.5, 0.6) is 0 Å². The van der Waals surface area contributed by atoms with E-state index in [-0.39, 0.29) is 12.6 Å². The predicted octanol–water partition coefficient (Wildman–Crippen LogP) is 2.72. The van der Waals surface area contributed by atoms with Crippen LogP contribution < -0.4 is 5.32 Å². The Morgan fingerprint density at radius 2 is 2.18 bits per heavy atom. The molecule has 2 aromatic heterocycles. The number of imidazole rings is 1. The van der Waals surface area contributed by atoms with E-state index < -0.39 is 6.09 Å². The van der Waals surface area contributed by atoms with Crippen molar-refractivity contribution in [2.24, 2.45) is 0 Å². The van der Waals surface area contributed by atoms with E-state index in [0.29, 0.717) is 0 Å². The van der Waals surface area contributed by atoms with Gasteiger partial charge in [-0.15, -0.1) is 0 Å². The van der Waals surface area contributed by atoms with Gasteiger partial charge in [-0.3, -0.25) is 4.98 Å². The average Bonchev–Trinajstić information content (AvgIpc) is 2.98. The van der Waals surface area contributed by atoms with Gasteiger partial charge >= 0.3 is 6.09 Å². The third-order valence-electron chi connectivity index (χ3n) is 3.27. The van der Waals surface area contributed by atoms with E-state index in [0.717, 1.165) is 16.9 Å². The number of ether oxygens (including phenoxy) is 1. The molecule has 0 aliphatic rings. The quantitative estimate of drug-likeness (QED) is 0.803. The summed E-state index contributed by atoms with van der Waals surface area (Å²) in [7, 11) is 0. The van der Waals surface area contributed by atoms with Crippen molar-refractivity contribution in [1.29, 1.82) is 0 Å². The molecule has 1 amide bonds. The van der Waals surface area contributed by atoms with Crippen LogP contribution in [0.3, 0.4) is 0 Å². The molecule has 22 heavy (non-hydrogen) atoms. The molecule has 6 heteroatoms. The second kappa shape index (κ2) is 6.26. The number of aromatic nitrogens is 3. The zero-order chi connectivity index (χ0) is 15.4. The lowest BCUT2D eigenvalue weighted by Gasteiger charge is -2.11. The number of hydrogen-bond acceptors (Lipinski definition) is 4. The van der Waals surface area contributed by atoms with Crippen LogP contribution in [0.1, 0.15) is 24.2 Å². The average molecular weight is 296 g/mol. The maximum atomic E-state index is 11.8. The molecule has 6 nitrogen and oxygen atoms in total. The minimum Gasteiger partial charge on any atom is -0.445 e. The molecule has 1 atom stereocenters. The Hall–Kier alpha value is -2.89. The van der Waals surface area contributed by atoms with Crippen molar-refractivity contribution < 1.29 is 9.53 Å². The fraction of sp³-hybridized carbons (Fsp3) is 0.188. The topological polar surface area (TPSA) is 68.5 Å². The van der Waals surface area contributed by atoms with Crippen LogP contribution in [0, 0.1) is 0 Å². The first-order chi connectivity index (χ1) is 10.7. The van der Waals surface area contributed by atoms with E-state index in [2.05, 4.69) is 15.3 Å². The number of rotatable bonds is 4. The van der Waals surface area contributed by atoms with Crippen molar-refractivity contribution in [3.8, 4) is 0 Å². The number of carbonyl (C=O) groups excluding carboxylic acids is 1. The van der Waals surface area contributed by atoms with Crippen molar-refractivity contribution in [3.63, 3.8) is 0 Å². The molecule has 3 rings (SSSR count). The van der Waals surface area contributed by atoms with Crippen molar-refractivity contribution >= 4 is 11.7 Å². The summed E-state index contributed by atoms with van der Waals surface area (Å²) >= 11 is 0. The second-order valence-electron chi connectivity index (χ2n) is 4.94. The monoisotopic (exact) mass is 296 g/mol. The highest BCUT2D eigenvalue weighted by Crippen LogP contribution is 2.12. The van der Waals surface area contributed by atoms with Gasteiger partial charge in [-0.25, -0.2) is 9.78 Å². The minimum atomic E-state index is -0.466. The molecule has 0 saturated carbocycles. The summed E-state index contributed by atoms with van der Waals surface area (Å²) in [5, 5.41) is 2.77. The van der Waals surface area contributed by atoms with Gasteiger partial charge in [0.05, 0.1) is 17.9 Å². The van der Waals surface area contributed by atoms with Crippen LogP contribution >= 0.6 is 0 Å². The lowest BCUT2D eigenvalue weighted by Crippen LogP contribution is -2.27. The summed E-state index contributed by atoms with van der Waals surface area (Å²) in [5.74, 6) is 0. The zero-order valence-electron chi connectivity index (χ0n) is 12.1. The van der Waals surface area contributed by atoms with Crippen LogP contribution in [-0.4, -0.2) is 20.5 Å². The molecule has 0 aliphatic heterocycles. The van der Waals surface area contributed by atoms with Crippen molar-refractivity contribution in [2.75, 3.05) is 0 Å². The highest BCUT2D eigenvalue weighted by Gasteiger charge is 2.13. The van der Waals surface area contributed by atoms with Gasteiger partial charge in [0, 0.05) is 18.6 Å². The molecule has 0 unspecified atom stereocenters. The fourth-order valence-electron chi connectivity index (χ4n) is 2.09. The third kappa shape index (κ3) is 3.22. The smallest absolute Gasteiger partial charge is 0.407 e. The number of nitrogens with zero attached hydrogens (tertiary/aromatic N) is 3. The first kappa shape index (κ1) is 14.1. The zero-order valence-corrected chi connectivity index (χ0v) is 12.1. The lowest BCUT2D eigenvalue weighted by molar-refractivity contribution is 0.136. The van der Waals surface area contributed by atoms with Gasteiger partial charge in [-0.2, -0.15) is 0 Å². The third-order valence-corrected chi connectivity index (χ3v) is 3.27. The number of nitrogens with one attached hydrogen (secondary N) is 1. The number of hydrogen-bond donors (Lipinski definition) is 1. The number of carbonyl (C=O) groups is 1. The molecule has 3 aromatic rings. The molecule has 2 heterocycles. The summed E-state index contributed by atoms with van der Waals surface area (Å²) in [5.41, 5.74) is 2.44. The van der Waals surface area contributed by atoms with E-state index in [4.69, 9.17) is 4.74 Å². The highest BCUT2D eigenvalue weighted by atomic mass is 16.5.